The van der Waals surface area contributed by atoms with Crippen LogP contribution in [0.1, 0.15) is 16.1 Å². The number of rotatable bonds is 8. The number of fused-ring (bicyclic) bond motifs is 1. The van der Waals surface area contributed by atoms with Gasteiger partial charge in [0, 0.05) is 66.6 Å². The lowest BCUT2D eigenvalue weighted by atomic mass is 10.1. The molecule has 1 saturated heterocycles. The van der Waals surface area contributed by atoms with Crippen LogP contribution in [0.15, 0.2) is 72.1 Å². The van der Waals surface area contributed by atoms with Crippen molar-refractivity contribution in [3.63, 3.8) is 0 Å². The molecular weight excluding hydrogens is 466 g/mol. The number of nitrogens with zero attached hydrogens (tertiary/aromatic N) is 4. The Morgan fingerprint density at radius 1 is 1.00 bits per heavy atom. The number of anilines is 2. The molecule has 1 fully saturated rings. The first kappa shape index (κ1) is 24.3. The lowest BCUT2D eigenvalue weighted by molar-refractivity contribution is 0.254. The summed E-state index contributed by atoms with van der Waals surface area (Å²) in [7, 11) is 0. The maximum atomic E-state index is 12.2. The predicted octanol–water partition coefficient (Wildman–Crippen LogP) is 5.10. The molecule has 0 unspecified atom stereocenters. The maximum Gasteiger partial charge on any atom is 0.319 e. The van der Waals surface area contributed by atoms with Gasteiger partial charge in [0.1, 0.15) is 0 Å². The molecule has 0 saturated carbocycles. The smallest absolute Gasteiger partial charge is 0.319 e. The van der Waals surface area contributed by atoms with E-state index in [0.717, 1.165) is 62.5 Å². The molecule has 0 radical (unpaired) electrons. The second-order valence-electron chi connectivity index (χ2n) is 9.36. The van der Waals surface area contributed by atoms with Gasteiger partial charge in [-0.3, -0.25) is 14.8 Å². The summed E-state index contributed by atoms with van der Waals surface area (Å²) >= 11 is 1.71. The van der Waals surface area contributed by atoms with Gasteiger partial charge in [0.05, 0.1) is 5.52 Å². The van der Waals surface area contributed by atoms with Gasteiger partial charge in [-0.1, -0.05) is 24.3 Å². The molecule has 186 valence electrons. The van der Waals surface area contributed by atoms with Crippen LogP contribution in [0.5, 0.6) is 0 Å². The van der Waals surface area contributed by atoms with Gasteiger partial charge in [0.25, 0.3) is 0 Å². The Bertz CT molecular complexity index is 1310. The van der Waals surface area contributed by atoms with Crippen LogP contribution in [0, 0.1) is 6.92 Å². The molecule has 4 aromatic rings. The van der Waals surface area contributed by atoms with Gasteiger partial charge in [-0.25, -0.2) is 4.79 Å². The number of hydrogen-bond donors (Lipinski definition) is 1. The highest BCUT2D eigenvalue weighted by Gasteiger charge is 2.19. The number of carbonyl (C=O) groups is 1. The average Bonchev–Trinajstić information content (AvgIpc) is 3.41. The molecule has 6 nitrogen and oxygen atoms in total. The van der Waals surface area contributed by atoms with Gasteiger partial charge < -0.3 is 10.6 Å². The van der Waals surface area contributed by atoms with Crippen molar-refractivity contribution in [2.75, 3.05) is 49.1 Å². The third-order valence-electron chi connectivity index (χ3n) is 6.93. The highest BCUT2D eigenvalue weighted by atomic mass is 32.1. The zero-order chi connectivity index (χ0) is 24.9. The molecule has 2 N–H and O–H groups in total. The summed E-state index contributed by atoms with van der Waals surface area (Å²) in [4.78, 5) is 24.8. The van der Waals surface area contributed by atoms with Crippen LogP contribution in [-0.2, 0) is 12.8 Å². The zero-order valence-corrected chi connectivity index (χ0v) is 21.6. The van der Waals surface area contributed by atoms with Crippen LogP contribution in [0.25, 0.3) is 10.9 Å². The third kappa shape index (κ3) is 5.69. The molecule has 5 rings (SSSR count). The van der Waals surface area contributed by atoms with Crippen molar-refractivity contribution in [2.24, 2.45) is 5.73 Å². The highest BCUT2D eigenvalue weighted by Crippen LogP contribution is 2.27. The Balaban J connectivity index is 1.17. The van der Waals surface area contributed by atoms with Crippen molar-refractivity contribution in [3.8, 4) is 0 Å². The summed E-state index contributed by atoms with van der Waals surface area (Å²) in [5.74, 6) is 0. The molecule has 2 aromatic carbocycles. The van der Waals surface area contributed by atoms with Crippen molar-refractivity contribution in [1.29, 1.82) is 0 Å². The minimum atomic E-state index is -0.404. The first-order valence-corrected chi connectivity index (χ1v) is 13.5. The summed E-state index contributed by atoms with van der Waals surface area (Å²) in [5.41, 5.74) is 11.2. The molecule has 0 spiro atoms. The number of piperazine rings is 1. The lowest BCUT2D eigenvalue weighted by Crippen LogP contribution is -2.47. The molecule has 0 atom stereocenters. The van der Waals surface area contributed by atoms with E-state index in [1.807, 2.05) is 25.1 Å². The first-order valence-electron chi connectivity index (χ1n) is 12.6. The van der Waals surface area contributed by atoms with E-state index in [1.54, 1.807) is 16.2 Å². The van der Waals surface area contributed by atoms with Crippen molar-refractivity contribution in [2.45, 2.75) is 19.8 Å². The second-order valence-corrected chi connectivity index (χ2v) is 10.4. The Hall–Kier alpha value is -3.42. The van der Waals surface area contributed by atoms with E-state index < -0.39 is 6.03 Å². The van der Waals surface area contributed by atoms with Gasteiger partial charge in [0.15, 0.2) is 0 Å². The number of benzene rings is 2. The van der Waals surface area contributed by atoms with Crippen LogP contribution < -0.4 is 15.5 Å². The number of aryl methyl sites for hydroxylation is 1. The highest BCUT2D eigenvalue weighted by molar-refractivity contribution is 7.09. The molecule has 1 aliphatic heterocycles. The van der Waals surface area contributed by atoms with Crippen molar-refractivity contribution in [3.05, 3.63) is 88.2 Å². The van der Waals surface area contributed by atoms with Crippen LogP contribution in [-0.4, -0.2) is 55.2 Å². The quantitative estimate of drug-likeness (QED) is 0.366. The van der Waals surface area contributed by atoms with Crippen molar-refractivity contribution < 1.29 is 4.79 Å². The zero-order valence-electron chi connectivity index (χ0n) is 20.8. The lowest BCUT2D eigenvalue weighted by Gasteiger charge is -2.36. The van der Waals surface area contributed by atoms with E-state index >= 15 is 0 Å². The molecule has 0 bridgehead atoms. The van der Waals surface area contributed by atoms with E-state index in [1.165, 1.54) is 21.5 Å². The van der Waals surface area contributed by atoms with Crippen molar-refractivity contribution >= 4 is 39.6 Å². The summed E-state index contributed by atoms with van der Waals surface area (Å²) in [6.07, 6.45) is 1.75. The van der Waals surface area contributed by atoms with E-state index in [9.17, 15) is 4.79 Å². The van der Waals surface area contributed by atoms with Crippen LogP contribution in [0.4, 0.5) is 16.2 Å². The van der Waals surface area contributed by atoms with E-state index in [2.05, 4.69) is 63.7 Å². The third-order valence-corrected chi connectivity index (χ3v) is 7.86. The van der Waals surface area contributed by atoms with E-state index in [-0.39, 0.29) is 0 Å². The minimum Gasteiger partial charge on any atom is -0.368 e. The second kappa shape index (κ2) is 11.1. The Morgan fingerprint density at radius 2 is 1.83 bits per heavy atom. The molecular formula is C29H33N5OS. The fraction of sp³-hybridized carbons (Fsp3) is 0.310. The van der Waals surface area contributed by atoms with Crippen LogP contribution >= 0.6 is 11.3 Å². The molecule has 7 heteroatoms. The number of nitrogens with two attached hydrogens (primary N) is 1. The first-order chi connectivity index (χ1) is 17.6. The van der Waals surface area contributed by atoms with E-state index in [0.29, 0.717) is 6.54 Å². The summed E-state index contributed by atoms with van der Waals surface area (Å²) < 4.78 is 0. The van der Waals surface area contributed by atoms with Gasteiger partial charge >= 0.3 is 6.03 Å². The van der Waals surface area contributed by atoms with E-state index in [4.69, 9.17) is 10.7 Å². The minimum absolute atomic E-state index is 0.404. The number of aromatic nitrogens is 1. The fourth-order valence-corrected chi connectivity index (χ4v) is 5.64. The van der Waals surface area contributed by atoms with Gasteiger partial charge in [-0.15, -0.1) is 11.3 Å². The number of primary amides is 1. The summed E-state index contributed by atoms with van der Waals surface area (Å²) in [6.45, 7) is 7.70. The monoisotopic (exact) mass is 499 g/mol. The Labute approximate surface area is 217 Å². The summed E-state index contributed by atoms with van der Waals surface area (Å²) in [6, 6.07) is 22.7. The Morgan fingerprint density at radius 3 is 2.61 bits per heavy atom. The standard InChI is InChI=1S/C29H33N5OS/c1-22-10-11-26-27(31-22)8-3-9-28(26)33-18-16-32(17-19-33)14-12-23-5-2-6-24(21-23)34(29(30)35)15-13-25-7-4-20-36-25/h2-11,20-21H,12-19H2,1H3,(H2,30,35). The summed E-state index contributed by atoms with van der Waals surface area (Å²) in [5, 5.41) is 3.29. The largest absolute Gasteiger partial charge is 0.368 e. The number of pyridine rings is 1. The Kier molecular flexibility index (Phi) is 7.49. The number of thiophene rings is 1. The molecule has 1 aliphatic rings. The molecule has 3 heterocycles. The molecule has 2 aromatic heterocycles. The number of carbonyl (C=O) groups excluding carboxylic acids is 1. The van der Waals surface area contributed by atoms with Gasteiger partial charge in [-0.2, -0.15) is 0 Å². The molecule has 36 heavy (non-hydrogen) atoms. The average molecular weight is 500 g/mol. The van der Waals surface area contributed by atoms with Crippen LogP contribution in [0.2, 0.25) is 0 Å². The molecule has 0 aliphatic carbocycles. The van der Waals surface area contributed by atoms with Crippen LogP contribution in [0.3, 0.4) is 0 Å². The fourth-order valence-electron chi connectivity index (χ4n) is 4.94. The number of amides is 2. The normalized spacial score (nSPS) is 14.3. The van der Waals surface area contributed by atoms with Crippen molar-refractivity contribution in [1.82, 2.24) is 9.88 Å². The van der Waals surface area contributed by atoms with Gasteiger partial charge in [-0.05, 0) is 73.2 Å². The predicted molar refractivity (Wildman–Crippen MR) is 150 cm³/mol. The van der Waals surface area contributed by atoms with Gasteiger partial charge in [0.2, 0.25) is 0 Å². The SMILES string of the molecule is Cc1ccc2c(N3CCN(CCc4cccc(N(CCc5cccs5)C(N)=O)c4)CC3)cccc2n1. The molecule has 2 amide bonds. The topological polar surface area (TPSA) is 65.7 Å². The number of urea groups is 1. The maximum absolute atomic E-state index is 12.2. The number of hydrogen-bond acceptors (Lipinski definition) is 5.